The minimum absolute atomic E-state index is 0.227. The van der Waals surface area contributed by atoms with Crippen LogP contribution in [0.5, 0.6) is 0 Å². The van der Waals surface area contributed by atoms with Crippen molar-refractivity contribution in [1.29, 1.82) is 0 Å². The Kier molecular flexibility index (Phi) is 2.47. The van der Waals surface area contributed by atoms with Crippen molar-refractivity contribution in [2.75, 3.05) is 0 Å². The van der Waals surface area contributed by atoms with Crippen LogP contribution < -0.4 is 5.73 Å². The van der Waals surface area contributed by atoms with Gasteiger partial charge in [-0.05, 0) is 42.7 Å². The van der Waals surface area contributed by atoms with Crippen LogP contribution in [0, 0.1) is 23.5 Å². The first kappa shape index (κ1) is 11.1. The number of halogens is 2. The molecule has 2 unspecified atom stereocenters. The van der Waals surface area contributed by atoms with E-state index in [1.165, 1.54) is 37.8 Å². The van der Waals surface area contributed by atoms with Crippen LogP contribution in [0.1, 0.15) is 31.2 Å². The van der Waals surface area contributed by atoms with Crippen molar-refractivity contribution in [3.05, 3.63) is 35.4 Å². The van der Waals surface area contributed by atoms with Crippen molar-refractivity contribution in [3.8, 4) is 0 Å². The van der Waals surface area contributed by atoms with Gasteiger partial charge in [0.25, 0.3) is 0 Å². The Balaban J connectivity index is 1.79. The van der Waals surface area contributed by atoms with Gasteiger partial charge in [0.15, 0.2) is 0 Å². The first-order chi connectivity index (χ1) is 8.11. The van der Waals surface area contributed by atoms with E-state index in [2.05, 4.69) is 0 Å². The van der Waals surface area contributed by atoms with E-state index >= 15 is 0 Å². The monoisotopic (exact) mass is 237 g/mol. The first-order valence-electron chi connectivity index (χ1n) is 6.34. The maximum atomic E-state index is 13.6. The van der Waals surface area contributed by atoms with Crippen molar-refractivity contribution in [3.63, 3.8) is 0 Å². The lowest BCUT2D eigenvalue weighted by molar-refractivity contribution is 0.480. The molecule has 2 aliphatic carbocycles. The molecule has 92 valence electrons. The minimum atomic E-state index is -0.523. The van der Waals surface area contributed by atoms with Gasteiger partial charge in [-0.2, -0.15) is 0 Å². The normalized spacial score (nSPS) is 35.5. The molecule has 0 radical (unpaired) electrons. The van der Waals surface area contributed by atoms with Gasteiger partial charge in [-0.1, -0.05) is 18.9 Å². The SMILES string of the molecule is NC1(Cc2ccc(F)cc2F)C2CCCCC21. The van der Waals surface area contributed by atoms with Crippen molar-refractivity contribution < 1.29 is 8.78 Å². The van der Waals surface area contributed by atoms with E-state index < -0.39 is 11.6 Å². The first-order valence-corrected chi connectivity index (χ1v) is 6.34. The summed E-state index contributed by atoms with van der Waals surface area (Å²) in [5.41, 5.74) is 6.71. The van der Waals surface area contributed by atoms with Gasteiger partial charge in [0.05, 0.1) is 0 Å². The van der Waals surface area contributed by atoms with Gasteiger partial charge in [0.2, 0.25) is 0 Å². The Labute approximate surface area is 100 Å². The molecule has 0 saturated heterocycles. The number of rotatable bonds is 2. The smallest absolute Gasteiger partial charge is 0.129 e. The molecule has 2 saturated carbocycles. The van der Waals surface area contributed by atoms with Gasteiger partial charge in [0.1, 0.15) is 11.6 Å². The molecule has 2 fully saturated rings. The summed E-state index contributed by atoms with van der Waals surface area (Å²) in [4.78, 5) is 0. The second-order valence-corrected chi connectivity index (χ2v) is 5.52. The van der Waals surface area contributed by atoms with E-state index in [4.69, 9.17) is 5.73 Å². The highest BCUT2D eigenvalue weighted by molar-refractivity contribution is 5.27. The zero-order valence-corrected chi connectivity index (χ0v) is 9.76. The largest absolute Gasteiger partial charge is 0.324 e. The van der Waals surface area contributed by atoms with E-state index in [0.717, 1.165) is 6.07 Å². The van der Waals surface area contributed by atoms with Crippen LogP contribution in [0.2, 0.25) is 0 Å². The minimum Gasteiger partial charge on any atom is -0.324 e. The zero-order chi connectivity index (χ0) is 12.0. The molecule has 0 amide bonds. The van der Waals surface area contributed by atoms with Crippen LogP contribution in [-0.2, 0) is 6.42 Å². The summed E-state index contributed by atoms with van der Waals surface area (Å²) in [5.74, 6) is 0.130. The predicted molar refractivity (Wildman–Crippen MR) is 62.4 cm³/mol. The lowest BCUT2D eigenvalue weighted by atomic mass is 10.0. The van der Waals surface area contributed by atoms with E-state index in [-0.39, 0.29) is 5.54 Å². The molecule has 1 nitrogen and oxygen atoms in total. The summed E-state index contributed by atoms with van der Waals surface area (Å²) in [6.45, 7) is 0. The molecule has 2 aliphatic rings. The summed E-state index contributed by atoms with van der Waals surface area (Å²) in [6.07, 6.45) is 5.38. The molecular weight excluding hydrogens is 220 g/mol. The number of hydrogen-bond donors (Lipinski definition) is 1. The molecule has 17 heavy (non-hydrogen) atoms. The van der Waals surface area contributed by atoms with Crippen LogP contribution in [-0.4, -0.2) is 5.54 Å². The molecule has 0 bridgehead atoms. The quantitative estimate of drug-likeness (QED) is 0.840. The van der Waals surface area contributed by atoms with Crippen molar-refractivity contribution in [1.82, 2.24) is 0 Å². The summed E-state index contributed by atoms with van der Waals surface area (Å²) < 4.78 is 26.4. The average molecular weight is 237 g/mol. The molecule has 1 aromatic rings. The van der Waals surface area contributed by atoms with Crippen molar-refractivity contribution in [2.45, 2.75) is 37.6 Å². The van der Waals surface area contributed by atoms with Crippen LogP contribution >= 0.6 is 0 Å². The number of fused-ring (bicyclic) bond motifs is 1. The van der Waals surface area contributed by atoms with Gasteiger partial charge in [0, 0.05) is 11.6 Å². The molecule has 3 heteroatoms. The summed E-state index contributed by atoms with van der Waals surface area (Å²) in [7, 11) is 0. The molecule has 2 N–H and O–H groups in total. The Morgan fingerprint density at radius 1 is 1.18 bits per heavy atom. The fourth-order valence-electron chi connectivity index (χ4n) is 3.55. The van der Waals surface area contributed by atoms with Crippen LogP contribution in [0.4, 0.5) is 8.78 Å². The topological polar surface area (TPSA) is 26.0 Å². The highest BCUT2D eigenvalue weighted by Crippen LogP contribution is 2.58. The summed E-state index contributed by atoms with van der Waals surface area (Å²) in [6, 6.07) is 3.79. The molecule has 1 aromatic carbocycles. The molecule has 0 aliphatic heterocycles. The van der Waals surface area contributed by atoms with E-state index in [0.29, 0.717) is 23.8 Å². The fourth-order valence-corrected chi connectivity index (χ4v) is 3.55. The molecular formula is C14H17F2N. The number of hydrogen-bond acceptors (Lipinski definition) is 1. The van der Waals surface area contributed by atoms with Gasteiger partial charge >= 0.3 is 0 Å². The molecule has 2 atom stereocenters. The van der Waals surface area contributed by atoms with Gasteiger partial charge in [-0.25, -0.2) is 8.78 Å². The van der Waals surface area contributed by atoms with Crippen molar-refractivity contribution in [2.24, 2.45) is 17.6 Å². The van der Waals surface area contributed by atoms with Crippen LogP contribution in [0.25, 0.3) is 0 Å². The van der Waals surface area contributed by atoms with Gasteiger partial charge in [-0.3, -0.25) is 0 Å². The lowest BCUT2D eigenvalue weighted by Gasteiger charge is -2.12. The van der Waals surface area contributed by atoms with Gasteiger partial charge in [-0.15, -0.1) is 0 Å². The summed E-state index contributed by atoms with van der Waals surface area (Å²) >= 11 is 0. The standard InChI is InChI=1S/C14H17F2N/c15-10-6-5-9(13(16)7-10)8-14(17)11-3-1-2-4-12(11)14/h5-7,11-12H,1-4,8,17H2. The van der Waals surface area contributed by atoms with Crippen LogP contribution in [0.3, 0.4) is 0 Å². The Morgan fingerprint density at radius 2 is 1.82 bits per heavy atom. The maximum absolute atomic E-state index is 13.6. The Bertz CT molecular complexity index is 432. The van der Waals surface area contributed by atoms with Crippen LogP contribution in [0.15, 0.2) is 18.2 Å². The second-order valence-electron chi connectivity index (χ2n) is 5.52. The van der Waals surface area contributed by atoms with Crippen molar-refractivity contribution >= 4 is 0 Å². The third kappa shape index (κ3) is 1.77. The summed E-state index contributed by atoms with van der Waals surface area (Å²) in [5, 5.41) is 0. The predicted octanol–water partition coefficient (Wildman–Crippen LogP) is 3.02. The Morgan fingerprint density at radius 3 is 2.41 bits per heavy atom. The molecule has 0 spiro atoms. The number of nitrogens with two attached hydrogens (primary N) is 1. The van der Waals surface area contributed by atoms with E-state index in [1.807, 2.05) is 0 Å². The molecule has 3 rings (SSSR count). The van der Waals surface area contributed by atoms with Gasteiger partial charge < -0.3 is 5.73 Å². The zero-order valence-electron chi connectivity index (χ0n) is 9.76. The molecule has 0 aromatic heterocycles. The van der Waals surface area contributed by atoms with E-state index in [1.54, 1.807) is 0 Å². The highest BCUT2D eigenvalue weighted by atomic mass is 19.1. The lowest BCUT2D eigenvalue weighted by Crippen LogP contribution is -2.30. The third-order valence-electron chi connectivity index (χ3n) is 4.55. The third-order valence-corrected chi connectivity index (χ3v) is 4.55. The highest BCUT2D eigenvalue weighted by Gasteiger charge is 2.61. The Hall–Kier alpha value is -0.960. The molecule has 0 heterocycles. The fraction of sp³-hybridized carbons (Fsp3) is 0.571. The average Bonchev–Trinajstić information content (AvgIpc) is 2.90. The van der Waals surface area contributed by atoms with E-state index in [9.17, 15) is 8.78 Å². The second kappa shape index (κ2) is 3.77. The maximum Gasteiger partial charge on any atom is 0.129 e. The number of benzene rings is 1.